The number of alkyl halides is 3. The second-order valence-corrected chi connectivity index (χ2v) is 5.28. The minimum atomic E-state index is -4.60. The minimum Gasteiger partial charge on any atom is -0.350 e. The van der Waals surface area contributed by atoms with Crippen LogP contribution >= 0.6 is 0 Å². The highest BCUT2D eigenvalue weighted by molar-refractivity contribution is 5.94. The Bertz CT molecular complexity index is 601. The molecular weight excluding hydrogens is 340 g/mol. The summed E-state index contributed by atoms with van der Waals surface area (Å²) in [4.78, 5) is 13.0. The van der Waals surface area contributed by atoms with Crippen LogP contribution in [0.15, 0.2) is 12.1 Å². The zero-order chi connectivity index (χ0) is 17.9. The van der Waals surface area contributed by atoms with Crippen LogP contribution < -0.4 is 10.6 Å². The van der Waals surface area contributed by atoms with Crippen LogP contribution in [-0.4, -0.2) is 55.7 Å². The van der Waals surface area contributed by atoms with Gasteiger partial charge in [0.25, 0.3) is 5.91 Å². The zero-order valence-corrected chi connectivity index (χ0v) is 12.4. The molecule has 1 fully saturated rings. The molecule has 4 nitrogen and oxygen atoms in total. The minimum absolute atomic E-state index is 0.138. The number of piperazine rings is 1. The van der Waals surface area contributed by atoms with Gasteiger partial charge in [-0.3, -0.25) is 9.69 Å². The maximum atomic E-state index is 13.5. The Balaban J connectivity index is 2.08. The van der Waals surface area contributed by atoms with Crippen LogP contribution in [0, 0.1) is 17.5 Å². The Hall–Kier alpha value is -1.81. The van der Waals surface area contributed by atoms with Crippen molar-refractivity contribution in [3.8, 4) is 0 Å². The molecule has 1 amide bonds. The van der Waals surface area contributed by atoms with Crippen molar-refractivity contribution < 1.29 is 31.1 Å². The molecule has 134 valence electrons. The van der Waals surface area contributed by atoms with Gasteiger partial charge >= 0.3 is 6.18 Å². The van der Waals surface area contributed by atoms with Gasteiger partial charge in [0, 0.05) is 32.7 Å². The van der Waals surface area contributed by atoms with E-state index in [1.807, 2.05) is 5.32 Å². The molecule has 1 atom stereocenters. The first-order chi connectivity index (χ1) is 11.2. The van der Waals surface area contributed by atoms with E-state index < -0.39 is 47.7 Å². The summed E-state index contributed by atoms with van der Waals surface area (Å²) in [6.07, 6.45) is -4.60. The largest absolute Gasteiger partial charge is 0.405 e. The molecule has 10 heteroatoms. The third-order valence-electron chi connectivity index (χ3n) is 3.71. The van der Waals surface area contributed by atoms with E-state index in [1.165, 1.54) is 0 Å². The third kappa shape index (κ3) is 4.18. The number of rotatable bonds is 4. The van der Waals surface area contributed by atoms with E-state index in [-0.39, 0.29) is 13.1 Å². The molecule has 2 rings (SSSR count). The first-order valence-electron chi connectivity index (χ1n) is 7.15. The Morgan fingerprint density at radius 2 is 1.79 bits per heavy atom. The number of halogens is 6. The van der Waals surface area contributed by atoms with Gasteiger partial charge in [-0.15, -0.1) is 0 Å². The SMILES string of the molecule is O=C(NCC(N1CCNCC1)C(F)(F)F)c1ccc(F)c(F)c1F. The maximum Gasteiger partial charge on any atom is 0.405 e. The fraction of sp³-hybridized carbons (Fsp3) is 0.500. The lowest BCUT2D eigenvalue weighted by Gasteiger charge is -2.35. The number of carbonyl (C=O) groups excluding carboxylic acids is 1. The van der Waals surface area contributed by atoms with E-state index in [1.54, 1.807) is 0 Å². The first kappa shape index (κ1) is 18.5. The van der Waals surface area contributed by atoms with E-state index in [2.05, 4.69) is 5.32 Å². The standard InChI is InChI=1S/C14H15F6N3O/c15-9-2-1-8(11(16)12(9)17)13(24)22-7-10(14(18,19)20)23-5-3-21-4-6-23/h1-2,10,21H,3-7H2,(H,22,24). The predicted octanol–water partition coefficient (Wildman–Crippen LogP) is 1.67. The average molecular weight is 355 g/mol. The zero-order valence-electron chi connectivity index (χ0n) is 12.4. The normalized spacial score (nSPS) is 17.6. The lowest BCUT2D eigenvalue weighted by molar-refractivity contribution is -0.183. The quantitative estimate of drug-likeness (QED) is 0.638. The van der Waals surface area contributed by atoms with Gasteiger partial charge in [-0.05, 0) is 12.1 Å². The van der Waals surface area contributed by atoms with Crippen molar-refractivity contribution in [2.75, 3.05) is 32.7 Å². The number of hydrogen-bond donors (Lipinski definition) is 2. The first-order valence-corrected chi connectivity index (χ1v) is 7.15. The van der Waals surface area contributed by atoms with Crippen LogP contribution in [0.5, 0.6) is 0 Å². The second-order valence-electron chi connectivity index (χ2n) is 5.28. The van der Waals surface area contributed by atoms with Crippen LogP contribution in [0.3, 0.4) is 0 Å². The highest BCUT2D eigenvalue weighted by Gasteiger charge is 2.43. The number of nitrogens with zero attached hydrogens (tertiary/aromatic N) is 1. The topological polar surface area (TPSA) is 44.4 Å². The van der Waals surface area contributed by atoms with Crippen molar-refractivity contribution in [3.05, 3.63) is 35.1 Å². The van der Waals surface area contributed by atoms with Crippen molar-refractivity contribution in [1.82, 2.24) is 15.5 Å². The Kier molecular flexibility index (Phi) is 5.70. The highest BCUT2D eigenvalue weighted by atomic mass is 19.4. The van der Waals surface area contributed by atoms with Gasteiger partial charge in [0.15, 0.2) is 17.5 Å². The molecule has 0 bridgehead atoms. The van der Waals surface area contributed by atoms with Gasteiger partial charge in [0.05, 0.1) is 5.56 Å². The lowest BCUT2D eigenvalue weighted by atomic mass is 10.1. The van der Waals surface area contributed by atoms with E-state index >= 15 is 0 Å². The molecule has 1 aromatic carbocycles. The van der Waals surface area contributed by atoms with Crippen molar-refractivity contribution in [3.63, 3.8) is 0 Å². The van der Waals surface area contributed by atoms with E-state index in [0.29, 0.717) is 25.2 Å². The number of hydrogen-bond acceptors (Lipinski definition) is 3. The number of carbonyl (C=O) groups is 1. The number of benzene rings is 1. The summed E-state index contributed by atoms with van der Waals surface area (Å²) in [7, 11) is 0. The molecule has 0 aliphatic carbocycles. The van der Waals surface area contributed by atoms with E-state index in [4.69, 9.17) is 0 Å². The molecule has 1 saturated heterocycles. The molecule has 0 saturated carbocycles. The highest BCUT2D eigenvalue weighted by Crippen LogP contribution is 2.25. The van der Waals surface area contributed by atoms with Gasteiger partial charge in [0.2, 0.25) is 0 Å². The molecule has 0 radical (unpaired) electrons. The number of amides is 1. The summed E-state index contributed by atoms with van der Waals surface area (Å²) >= 11 is 0. The summed E-state index contributed by atoms with van der Waals surface area (Å²) in [6.45, 7) is 0.205. The Morgan fingerprint density at radius 3 is 2.38 bits per heavy atom. The van der Waals surface area contributed by atoms with Crippen LogP contribution in [0.4, 0.5) is 26.3 Å². The van der Waals surface area contributed by atoms with Crippen LogP contribution in [-0.2, 0) is 0 Å². The molecule has 2 N–H and O–H groups in total. The van der Waals surface area contributed by atoms with Gasteiger partial charge in [0.1, 0.15) is 6.04 Å². The van der Waals surface area contributed by atoms with E-state index in [9.17, 15) is 31.1 Å². The summed E-state index contributed by atoms with van der Waals surface area (Å²) < 4.78 is 78.9. The number of nitrogens with one attached hydrogen (secondary N) is 2. The molecule has 1 heterocycles. The third-order valence-corrected chi connectivity index (χ3v) is 3.71. The molecule has 0 aromatic heterocycles. The maximum absolute atomic E-state index is 13.5. The summed E-state index contributed by atoms with van der Waals surface area (Å²) in [5.41, 5.74) is -0.852. The molecule has 1 aliphatic rings. The molecule has 1 aliphatic heterocycles. The van der Waals surface area contributed by atoms with Crippen LogP contribution in [0.25, 0.3) is 0 Å². The van der Waals surface area contributed by atoms with Gasteiger partial charge in [-0.1, -0.05) is 0 Å². The molecule has 0 spiro atoms. The van der Waals surface area contributed by atoms with Crippen molar-refractivity contribution in [1.29, 1.82) is 0 Å². The Morgan fingerprint density at radius 1 is 1.17 bits per heavy atom. The molecule has 1 aromatic rings. The van der Waals surface area contributed by atoms with Gasteiger partial charge in [-0.2, -0.15) is 13.2 Å². The van der Waals surface area contributed by atoms with Crippen molar-refractivity contribution in [2.45, 2.75) is 12.2 Å². The van der Waals surface area contributed by atoms with Gasteiger partial charge < -0.3 is 10.6 Å². The van der Waals surface area contributed by atoms with Crippen LogP contribution in [0.2, 0.25) is 0 Å². The summed E-state index contributed by atoms with van der Waals surface area (Å²) in [6, 6.07) is -0.738. The molecule has 24 heavy (non-hydrogen) atoms. The fourth-order valence-electron chi connectivity index (χ4n) is 2.43. The Labute approximate surface area is 133 Å². The summed E-state index contributed by atoms with van der Waals surface area (Å²) in [5, 5.41) is 4.85. The lowest BCUT2D eigenvalue weighted by Crippen LogP contribution is -2.57. The van der Waals surface area contributed by atoms with Gasteiger partial charge in [-0.25, -0.2) is 13.2 Å². The predicted molar refractivity (Wildman–Crippen MR) is 72.9 cm³/mol. The second kappa shape index (κ2) is 7.39. The molecule has 1 unspecified atom stereocenters. The van der Waals surface area contributed by atoms with Crippen molar-refractivity contribution >= 4 is 5.91 Å². The fourth-order valence-corrected chi connectivity index (χ4v) is 2.43. The average Bonchev–Trinajstić information content (AvgIpc) is 2.52. The van der Waals surface area contributed by atoms with Crippen LogP contribution in [0.1, 0.15) is 10.4 Å². The monoisotopic (exact) mass is 355 g/mol. The molecular formula is C14H15F6N3O. The smallest absolute Gasteiger partial charge is 0.350 e. The van der Waals surface area contributed by atoms with E-state index in [0.717, 1.165) is 4.90 Å². The summed E-state index contributed by atoms with van der Waals surface area (Å²) in [5.74, 6) is -6.32. The van der Waals surface area contributed by atoms with Crippen molar-refractivity contribution in [2.24, 2.45) is 0 Å².